The van der Waals surface area contributed by atoms with Gasteiger partial charge in [0.2, 0.25) is 5.91 Å². The van der Waals surface area contributed by atoms with E-state index in [1.54, 1.807) is 24.9 Å². The third-order valence-corrected chi connectivity index (χ3v) is 2.08. The molecule has 0 aliphatic carbocycles. The molecule has 1 rings (SSSR count). The quantitative estimate of drug-likeness (QED) is 0.772. The van der Waals surface area contributed by atoms with Crippen LogP contribution in [0.15, 0.2) is 35.4 Å². The second-order valence-corrected chi connectivity index (χ2v) is 3.67. The first-order valence-corrected chi connectivity index (χ1v) is 4.76. The Bertz CT molecular complexity index is 352. The molecular weight excluding hydrogens is 195 g/mol. The summed E-state index contributed by atoms with van der Waals surface area (Å²) in [6.07, 6.45) is 5.69. The van der Waals surface area contributed by atoms with Crippen LogP contribution in [-0.4, -0.2) is 17.4 Å². The average molecular weight is 210 g/mol. The van der Waals surface area contributed by atoms with E-state index in [1.807, 2.05) is 6.08 Å². The number of rotatable bonds is 3. The van der Waals surface area contributed by atoms with Gasteiger partial charge < -0.3 is 10.6 Å². The summed E-state index contributed by atoms with van der Waals surface area (Å²) in [6.45, 7) is 3.50. The molecule has 15 heavy (non-hydrogen) atoms. The van der Waals surface area contributed by atoms with Crippen LogP contribution in [-0.2, 0) is 4.79 Å². The number of primary amides is 1. The number of halogens is 1. The molecular formula is C11H15FN2O. The summed E-state index contributed by atoms with van der Waals surface area (Å²) in [5.41, 5.74) is 6.45. The molecule has 1 heterocycles. The highest BCUT2D eigenvalue weighted by molar-refractivity contribution is 5.76. The molecule has 0 bridgehead atoms. The second-order valence-electron chi connectivity index (χ2n) is 3.67. The number of hydrogen-bond donors (Lipinski definition) is 1. The van der Waals surface area contributed by atoms with Crippen LogP contribution in [0.1, 0.15) is 20.3 Å². The van der Waals surface area contributed by atoms with Gasteiger partial charge in [0.15, 0.2) is 0 Å². The third-order valence-electron chi connectivity index (χ3n) is 2.08. The van der Waals surface area contributed by atoms with Crippen LogP contribution in [0, 0.1) is 0 Å². The topological polar surface area (TPSA) is 46.3 Å². The fraction of sp³-hybridized carbons (Fsp3) is 0.364. The highest BCUT2D eigenvalue weighted by atomic mass is 19.1. The van der Waals surface area contributed by atoms with Crippen molar-refractivity contribution in [1.82, 2.24) is 4.90 Å². The number of carbonyl (C=O) groups excluding carboxylic acids is 1. The summed E-state index contributed by atoms with van der Waals surface area (Å²) in [5, 5.41) is 0. The van der Waals surface area contributed by atoms with Gasteiger partial charge in [0.1, 0.15) is 12.4 Å². The molecule has 0 fully saturated rings. The third kappa shape index (κ3) is 3.23. The maximum absolute atomic E-state index is 13.3. The second kappa shape index (κ2) is 4.77. The molecule has 1 aliphatic heterocycles. The lowest BCUT2D eigenvalue weighted by Gasteiger charge is -2.16. The van der Waals surface area contributed by atoms with E-state index in [-0.39, 0.29) is 12.4 Å². The first-order chi connectivity index (χ1) is 7.00. The van der Waals surface area contributed by atoms with Crippen molar-refractivity contribution in [3.63, 3.8) is 0 Å². The molecule has 0 saturated heterocycles. The molecule has 2 N–H and O–H groups in total. The fourth-order valence-electron chi connectivity index (χ4n) is 1.27. The van der Waals surface area contributed by atoms with Crippen LogP contribution in [0.4, 0.5) is 4.39 Å². The van der Waals surface area contributed by atoms with Crippen LogP contribution in [0.3, 0.4) is 0 Å². The molecule has 0 spiro atoms. The Kier molecular flexibility index (Phi) is 3.66. The van der Waals surface area contributed by atoms with Crippen molar-refractivity contribution in [3.8, 4) is 0 Å². The van der Waals surface area contributed by atoms with Crippen LogP contribution in [0.2, 0.25) is 0 Å². The summed E-state index contributed by atoms with van der Waals surface area (Å²) in [5.74, 6) is -0.687. The van der Waals surface area contributed by atoms with E-state index >= 15 is 0 Å². The zero-order valence-corrected chi connectivity index (χ0v) is 8.96. The van der Waals surface area contributed by atoms with E-state index in [9.17, 15) is 9.18 Å². The zero-order chi connectivity index (χ0) is 11.4. The SMILES string of the molecule is CC(C)=C(F)/C=C1\CC=CN1CC(N)=O. The molecule has 82 valence electrons. The Balaban J connectivity index is 2.79. The molecule has 0 aromatic carbocycles. The molecule has 0 radical (unpaired) electrons. The van der Waals surface area contributed by atoms with E-state index in [4.69, 9.17) is 5.73 Å². The van der Waals surface area contributed by atoms with Gasteiger partial charge >= 0.3 is 0 Å². The number of nitrogens with two attached hydrogens (primary N) is 1. The number of nitrogens with zero attached hydrogens (tertiary/aromatic N) is 1. The van der Waals surface area contributed by atoms with Gasteiger partial charge in [0.05, 0.1) is 0 Å². The molecule has 3 nitrogen and oxygen atoms in total. The fourth-order valence-corrected chi connectivity index (χ4v) is 1.27. The van der Waals surface area contributed by atoms with E-state index < -0.39 is 5.91 Å². The van der Waals surface area contributed by atoms with Gasteiger partial charge in [-0.2, -0.15) is 0 Å². The van der Waals surface area contributed by atoms with Gasteiger partial charge in [0, 0.05) is 18.3 Å². The summed E-state index contributed by atoms with van der Waals surface area (Å²) in [7, 11) is 0. The van der Waals surface area contributed by atoms with Crippen molar-refractivity contribution in [2.24, 2.45) is 5.73 Å². The average Bonchev–Trinajstić information content (AvgIpc) is 2.51. The van der Waals surface area contributed by atoms with E-state index in [2.05, 4.69) is 0 Å². The van der Waals surface area contributed by atoms with Gasteiger partial charge in [-0.15, -0.1) is 0 Å². The maximum Gasteiger partial charge on any atom is 0.237 e. The van der Waals surface area contributed by atoms with Crippen molar-refractivity contribution >= 4 is 5.91 Å². The first kappa shape index (κ1) is 11.5. The summed E-state index contributed by atoms with van der Waals surface area (Å²) in [6, 6.07) is 0. The molecule has 0 unspecified atom stereocenters. The van der Waals surface area contributed by atoms with Crippen molar-refractivity contribution in [2.45, 2.75) is 20.3 Å². The minimum absolute atomic E-state index is 0.0956. The Morgan fingerprint density at radius 3 is 2.87 bits per heavy atom. The summed E-state index contributed by atoms with van der Waals surface area (Å²) in [4.78, 5) is 12.4. The van der Waals surface area contributed by atoms with Crippen LogP contribution < -0.4 is 5.73 Å². The van der Waals surface area contributed by atoms with Crippen molar-refractivity contribution in [1.29, 1.82) is 0 Å². The number of hydrogen-bond acceptors (Lipinski definition) is 2. The normalized spacial score (nSPS) is 17.3. The highest BCUT2D eigenvalue weighted by Gasteiger charge is 2.14. The van der Waals surface area contributed by atoms with Gasteiger partial charge in [-0.25, -0.2) is 4.39 Å². The van der Waals surface area contributed by atoms with Gasteiger partial charge in [-0.05, 0) is 25.5 Å². The molecule has 0 aromatic rings. The summed E-state index contributed by atoms with van der Waals surface area (Å²) < 4.78 is 13.3. The van der Waals surface area contributed by atoms with Crippen LogP contribution in [0.25, 0.3) is 0 Å². The number of allylic oxidation sites excluding steroid dienone is 4. The molecule has 1 aliphatic rings. The standard InChI is InChI=1S/C11H15FN2O/c1-8(2)10(12)6-9-4-3-5-14(9)7-11(13)15/h3,5-6H,4,7H2,1-2H3,(H2,13,15)/b9-6+. The molecule has 1 amide bonds. The lowest BCUT2D eigenvalue weighted by atomic mass is 10.2. The first-order valence-electron chi connectivity index (χ1n) is 4.76. The molecule has 0 atom stereocenters. The van der Waals surface area contributed by atoms with Crippen molar-refractivity contribution in [2.75, 3.05) is 6.54 Å². The Morgan fingerprint density at radius 1 is 1.67 bits per heavy atom. The number of carbonyl (C=O) groups is 1. The minimum Gasteiger partial charge on any atom is -0.368 e. The van der Waals surface area contributed by atoms with E-state index in [1.165, 1.54) is 6.08 Å². The van der Waals surface area contributed by atoms with E-state index in [0.717, 1.165) is 5.70 Å². The van der Waals surface area contributed by atoms with Crippen molar-refractivity contribution in [3.05, 3.63) is 35.4 Å². The van der Waals surface area contributed by atoms with Gasteiger partial charge in [-0.3, -0.25) is 4.79 Å². The highest BCUT2D eigenvalue weighted by Crippen LogP contribution is 2.21. The maximum atomic E-state index is 13.3. The number of amides is 1. The van der Waals surface area contributed by atoms with Gasteiger partial charge in [0.25, 0.3) is 0 Å². The summed E-state index contributed by atoms with van der Waals surface area (Å²) >= 11 is 0. The molecule has 0 saturated carbocycles. The zero-order valence-electron chi connectivity index (χ0n) is 8.96. The Morgan fingerprint density at radius 2 is 2.33 bits per heavy atom. The smallest absolute Gasteiger partial charge is 0.237 e. The monoisotopic (exact) mass is 210 g/mol. The van der Waals surface area contributed by atoms with Gasteiger partial charge in [-0.1, -0.05) is 6.08 Å². The molecule has 0 aromatic heterocycles. The molecule has 4 heteroatoms. The Hall–Kier alpha value is -1.58. The van der Waals surface area contributed by atoms with Crippen LogP contribution in [0.5, 0.6) is 0 Å². The predicted octanol–water partition coefficient (Wildman–Crippen LogP) is 1.84. The van der Waals surface area contributed by atoms with Crippen LogP contribution >= 0.6 is 0 Å². The van der Waals surface area contributed by atoms with Crippen molar-refractivity contribution < 1.29 is 9.18 Å². The lowest BCUT2D eigenvalue weighted by molar-refractivity contribution is -0.118. The van der Waals surface area contributed by atoms with E-state index in [0.29, 0.717) is 12.0 Å². The Labute approximate surface area is 88.7 Å². The lowest BCUT2D eigenvalue weighted by Crippen LogP contribution is -2.27. The largest absolute Gasteiger partial charge is 0.368 e. The minimum atomic E-state index is -0.426. The predicted molar refractivity (Wildman–Crippen MR) is 57.2 cm³/mol.